The van der Waals surface area contributed by atoms with E-state index in [2.05, 4.69) is 30.2 Å². The van der Waals surface area contributed by atoms with E-state index in [-0.39, 0.29) is 0 Å². The van der Waals surface area contributed by atoms with Gasteiger partial charge >= 0.3 is 0 Å². The summed E-state index contributed by atoms with van der Waals surface area (Å²) in [6.45, 7) is 6.86. The van der Waals surface area contributed by atoms with Gasteiger partial charge in [-0.2, -0.15) is 0 Å². The molecule has 0 fully saturated rings. The number of halogens is 1. The molecule has 0 saturated heterocycles. The van der Waals surface area contributed by atoms with Crippen LogP contribution in [0.3, 0.4) is 0 Å². The molecule has 0 aromatic carbocycles. The number of hydrogen-bond acceptors (Lipinski definition) is 2. The zero-order valence-electron chi connectivity index (χ0n) is 8.76. The highest BCUT2D eigenvalue weighted by atomic mass is 35.5. The normalized spacial score (nSPS) is 9.71. The summed E-state index contributed by atoms with van der Waals surface area (Å²) in [6, 6.07) is 1.90. The molecule has 0 radical (unpaired) electrons. The van der Waals surface area contributed by atoms with Crippen LogP contribution in [0.15, 0.2) is 23.9 Å². The highest BCUT2D eigenvalue weighted by molar-refractivity contribution is 6.33. The number of hydrogen-bond donors (Lipinski definition) is 1. The molecule has 2 nitrogen and oxygen atoms in total. The van der Waals surface area contributed by atoms with Crippen LogP contribution < -0.4 is 5.32 Å². The fraction of sp³-hybridized carbons (Fsp3) is 0.364. The lowest BCUT2D eigenvalue weighted by Crippen LogP contribution is -2.02. The Bertz CT molecular complexity index is 341. The zero-order chi connectivity index (χ0) is 10.6. The van der Waals surface area contributed by atoms with Crippen LogP contribution in [0, 0.1) is 6.92 Å². The SMILES string of the molecule is CC(C)=CCNc1nccc(C)c1Cl. The van der Waals surface area contributed by atoms with Crippen molar-refractivity contribution in [3.05, 3.63) is 34.5 Å². The van der Waals surface area contributed by atoms with Gasteiger partial charge in [0.1, 0.15) is 5.82 Å². The van der Waals surface area contributed by atoms with Crippen molar-refractivity contribution in [2.24, 2.45) is 0 Å². The lowest BCUT2D eigenvalue weighted by Gasteiger charge is -2.06. The van der Waals surface area contributed by atoms with E-state index in [4.69, 9.17) is 11.6 Å². The molecule has 1 rings (SSSR count). The number of nitrogens with zero attached hydrogens (tertiary/aromatic N) is 1. The zero-order valence-corrected chi connectivity index (χ0v) is 9.52. The van der Waals surface area contributed by atoms with E-state index < -0.39 is 0 Å². The lowest BCUT2D eigenvalue weighted by molar-refractivity contribution is 1.19. The topological polar surface area (TPSA) is 24.9 Å². The Labute approximate surface area is 90.0 Å². The fourth-order valence-corrected chi connectivity index (χ4v) is 1.19. The number of anilines is 1. The van der Waals surface area contributed by atoms with E-state index in [1.807, 2.05) is 13.0 Å². The molecular formula is C11H15ClN2. The van der Waals surface area contributed by atoms with Gasteiger partial charge in [-0.3, -0.25) is 0 Å². The summed E-state index contributed by atoms with van der Waals surface area (Å²) in [6.07, 6.45) is 3.85. The predicted molar refractivity (Wildman–Crippen MR) is 61.9 cm³/mol. The van der Waals surface area contributed by atoms with Crippen molar-refractivity contribution in [2.75, 3.05) is 11.9 Å². The third kappa shape index (κ3) is 3.04. The van der Waals surface area contributed by atoms with Gasteiger partial charge in [0.15, 0.2) is 0 Å². The van der Waals surface area contributed by atoms with Crippen molar-refractivity contribution < 1.29 is 0 Å². The highest BCUT2D eigenvalue weighted by Gasteiger charge is 2.01. The number of aryl methyl sites for hydroxylation is 1. The largest absolute Gasteiger partial charge is 0.365 e. The summed E-state index contributed by atoms with van der Waals surface area (Å²) >= 11 is 6.06. The minimum Gasteiger partial charge on any atom is -0.365 e. The molecule has 0 spiro atoms. The van der Waals surface area contributed by atoms with Crippen LogP contribution in [-0.4, -0.2) is 11.5 Å². The van der Waals surface area contributed by atoms with E-state index in [0.29, 0.717) is 5.02 Å². The van der Waals surface area contributed by atoms with Crippen molar-refractivity contribution >= 4 is 17.4 Å². The maximum atomic E-state index is 6.06. The van der Waals surface area contributed by atoms with Gasteiger partial charge in [-0.25, -0.2) is 4.98 Å². The van der Waals surface area contributed by atoms with Gasteiger partial charge in [-0.1, -0.05) is 23.3 Å². The van der Waals surface area contributed by atoms with Crippen molar-refractivity contribution in [3.63, 3.8) is 0 Å². The molecule has 0 atom stereocenters. The average molecular weight is 211 g/mol. The smallest absolute Gasteiger partial charge is 0.145 e. The second-order valence-corrected chi connectivity index (χ2v) is 3.83. The Balaban J connectivity index is 2.68. The van der Waals surface area contributed by atoms with Gasteiger partial charge in [-0.15, -0.1) is 0 Å². The third-order valence-electron chi connectivity index (χ3n) is 1.86. The lowest BCUT2D eigenvalue weighted by atomic mass is 10.3. The number of rotatable bonds is 3. The summed E-state index contributed by atoms with van der Waals surface area (Å²) < 4.78 is 0. The third-order valence-corrected chi connectivity index (χ3v) is 2.34. The Kier molecular flexibility index (Phi) is 3.96. The Hall–Kier alpha value is -1.02. The van der Waals surface area contributed by atoms with Crippen molar-refractivity contribution in [3.8, 4) is 0 Å². The van der Waals surface area contributed by atoms with Crippen molar-refractivity contribution in [1.29, 1.82) is 0 Å². The van der Waals surface area contributed by atoms with Gasteiger partial charge in [0.2, 0.25) is 0 Å². The molecule has 0 bridgehead atoms. The van der Waals surface area contributed by atoms with Crippen LogP contribution in [0.5, 0.6) is 0 Å². The number of pyridine rings is 1. The van der Waals surface area contributed by atoms with E-state index in [9.17, 15) is 0 Å². The summed E-state index contributed by atoms with van der Waals surface area (Å²) in [4.78, 5) is 4.16. The molecule has 1 N–H and O–H groups in total. The molecule has 0 aliphatic rings. The summed E-state index contributed by atoms with van der Waals surface area (Å²) in [5, 5.41) is 3.87. The van der Waals surface area contributed by atoms with Gasteiger partial charge in [0, 0.05) is 12.7 Å². The predicted octanol–water partition coefficient (Wildman–Crippen LogP) is 3.42. The number of allylic oxidation sites excluding steroid dienone is 1. The summed E-state index contributed by atoms with van der Waals surface area (Å²) in [5.41, 5.74) is 2.32. The van der Waals surface area contributed by atoms with E-state index in [1.165, 1.54) is 5.57 Å². The molecule has 0 amide bonds. The number of aromatic nitrogens is 1. The monoisotopic (exact) mass is 210 g/mol. The molecule has 0 unspecified atom stereocenters. The van der Waals surface area contributed by atoms with Crippen LogP contribution in [0.4, 0.5) is 5.82 Å². The molecule has 0 aliphatic carbocycles. The molecule has 0 saturated carbocycles. The van der Waals surface area contributed by atoms with Crippen molar-refractivity contribution in [1.82, 2.24) is 4.98 Å². The van der Waals surface area contributed by atoms with Gasteiger partial charge in [-0.05, 0) is 32.4 Å². The summed E-state index contributed by atoms with van der Waals surface area (Å²) in [7, 11) is 0. The van der Waals surface area contributed by atoms with E-state index >= 15 is 0 Å². The van der Waals surface area contributed by atoms with Gasteiger partial charge in [0.05, 0.1) is 5.02 Å². The molecule has 76 valence electrons. The maximum absolute atomic E-state index is 6.06. The Morgan fingerprint density at radius 2 is 2.29 bits per heavy atom. The molecule has 3 heteroatoms. The van der Waals surface area contributed by atoms with Gasteiger partial charge < -0.3 is 5.32 Å². The second kappa shape index (κ2) is 5.01. The molecule has 0 aliphatic heterocycles. The molecule has 1 aromatic heterocycles. The Morgan fingerprint density at radius 1 is 1.57 bits per heavy atom. The van der Waals surface area contributed by atoms with Crippen LogP contribution in [0.25, 0.3) is 0 Å². The number of nitrogens with one attached hydrogen (secondary N) is 1. The minimum atomic E-state index is 0.703. The molecule has 14 heavy (non-hydrogen) atoms. The van der Waals surface area contributed by atoms with E-state index in [1.54, 1.807) is 6.20 Å². The standard InChI is InChI=1S/C11H15ClN2/c1-8(2)4-6-13-11-10(12)9(3)5-7-14-11/h4-5,7H,6H2,1-3H3,(H,13,14). The quantitative estimate of drug-likeness (QED) is 0.774. The van der Waals surface area contributed by atoms with Crippen LogP contribution >= 0.6 is 11.6 Å². The maximum Gasteiger partial charge on any atom is 0.145 e. The first kappa shape index (κ1) is 11.1. The second-order valence-electron chi connectivity index (χ2n) is 3.45. The van der Waals surface area contributed by atoms with Gasteiger partial charge in [0.25, 0.3) is 0 Å². The van der Waals surface area contributed by atoms with E-state index in [0.717, 1.165) is 17.9 Å². The van der Waals surface area contributed by atoms with Crippen LogP contribution in [-0.2, 0) is 0 Å². The minimum absolute atomic E-state index is 0.703. The average Bonchev–Trinajstić information content (AvgIpc) is 2.12. The molecule has 1 aromatic rings. The molecule has 1 heterocycles. The van der Waals surface area contributed by atoms with Crippen LogP contribution in [0.2, 0.25) is 5.02 Å². The van der Waals surface area contributed by atoms with Crippen molar-refractivity contribution in [2.45, 2.75) is 20.8 Å². The summed E-state index contributed by atoms with van der Waals surface area (Å²) in [5.74, 6) is 0.754. The highest BCUT2D eigenvalue weighted by Crippen LogP contribution is 2.22. The molecular weight excluding hydrogens is 196 g/mol. The fourth-order valence-electron chi connectivity index (χ4n) is 1.02. The Morgan fingerprint density at radius 3 is 2.93 bits per heavy atom. The first-order valence-corrected chi connectivity index (χ1v) is 4.97. The first-order valence-electron chi connectivity index (χ1n) is 4.59. The first-order chi connectivity index (χ1) is 6.61. The van der Waals surface area contributed by atoms with Crippen LogP contribution in [0.1, 0.15) is 19.4 Å².